The first-order valence-electron chi connectivity index (χ1n) is 7.29. The molecule has 2 N–H and O–H groups in total. The summed E-state index contributed by atoms with van der Waals surface area (Å²) < 4.78 is 0. The van der Waals surface area contributed by atoms with Crippen LogP contribution in [0.5, 0.6) is 11.5 Å². The number of rotatable bonds is 3. The summed E-state index contributed by atoms with van der Waals surface area (Å²) in [4.78, 5) is 0. The summed E-state index contributed by atoms with van der Waals surface area (Å²) in [5.74, 6) is 0.620. The van der Waals surface area contributed by atoms with E-state index < -0.39 is 0 Å². The largest absolute Gasteiger partial charge is 0.508 e. The quantitative estimate of drug-likeness (QED) is 0.736. The predicted molar refractivity (Wildman–Crippen MR) is 89.2 cm³/mol. The van der Waals surface area contributed by atoms with Crippen molar-refractivity contribution in [1.29, 1.82) is 0 Å². The molecule has 0 aliphatic heterocycles. The lowest BCUT2D eigenvalue weighted by atomic mass is 9.99. The highest BCUT2D eigenvalue weighted by molar-refractivity contribution is 5.65. The van der Waals surface area contributed by atoms with Crippen LogP contribution in [0, 0.1) is 6.92 Å². The van der Waals surface area contributed by atoms with Crippen LogP contribution in [-0.4, -0.2) is 10.2 Å². The van der Waals surface area contributed by atoms with Gasteiger partial charge in [0.1, 0.15) is 11.5 Å². The molecule has 0 aliphatic rings. The van der Waals surface area contributed by atoms with E-state index in [9.17, 15) is 10.2 Å². The van der Waals surface area contributed by atoms with Crippen LogP contribution < -0.4 is 0 Å². The van der Waals surface area contributed by atoms with Crippen molar-refractivity contribution in [2.45, 2.75) is 13.3 Å². The van der Waals surface area contributed by atoms with Crippen LogP contribution in [-0.2, 0) is 6.42 Å². The Kier molecular flexibility index (Phi) is 3.84. The number of hydrogen-bond acceptors (Lipinski definition) is 2. The highest BCUT2D eigenvalue weighted by Crippen LogP contribution is 2.26. The smallest absolute Gasteiger partial charge is 0.118 e. The van der Waals surface area contributed by atoms with E-state index >= 15 is 0 Å². The van der Waals surface area contributed by atoms with Crippen molar-refractivity contribution in [2.75, 3.05) is 0 Å². The molecular formula is C20H18O2. The van der Waals surface area contributed by atoms with E-state index in [1.165, 1.54) is 11.1 Å². The summed E-state index contributed by atoms with van der Waals surface area (Å²) in [7, 11) is 0. The van der Waals surface area contributed by atoms with Crippen LogP contribution in [0.4, 0.5) is 0 Å². The lowest BCUT2D eigenvalue weighted by molar-refractivity contribution is 0.471. The number of hydrogen-bond donors (Lipinski definition) is 2. The fourth-order valence-electron chi connectivity index (χ4n) is 2.50. The van der Waals surface area contributed by atoms with Gasteiger partial charge in [-0.25, -0.2) is 0 Å². The number of phenolic OH excluding ortho intramolecular Hbond substituents is 2. The van der Waals surface area contributed by atoms with Crippen LogP contribution in [0.25, 0.3) is 11.1 Å². The topological polar surface area (TPSA) is 40.5 Å². The third-order valence-corrected chi connectivity index (χ3v) is 3.83. The van der Waals surface area contributed by atoms with Gasteiger partial charge in [0.2, 0.25) is 0 Å². The lowest BCUT2D eigenvalue weighted by Gasteiger charge is -2.07. The molecular weight excluding hydrogens is 272 g/mol. The molecule has 2 nitrogen and oxygen atoms in total. The van der Waals surface area contributed by atoms with Gasteiger partial charge in [-0.2, -0.15) is 0 Å². The zero-order valence-corrected chi connectivity index (χ0v) is 12.5. The molecule has 0 fully saturated rings. The van der Waals surface area contributed by atoms with Gasteiger partial charge in [0, 0.05) is 0 Å². The highest BCUT2D eigenvalue weighted by atomic mass is 16.3. The van der Waals surface area contributed by atoms with Crippen molar-refractivity contribution in [3.8, 4) is 22.6 Å². The normalized spacial score (nSPS) is 10.6. The van der Waals surface area contributed by atoms with Gasteiger partial charge < -0.3 is 10.2 Å². The number of aromatic hydroxyl groups is 2. The zero-order chi connectivity index (χ0) is 15.5. The van der Waals surface area contributed by atoms with Crippen LogP contribution >= 0.6 is 0 Å². The second-order valence-corrected chi connectivity index (χ2v) is 5.54. The molecule has 0 radical (unpaired) electrons. The summed E-state index contributed by atoms with van der Waals surface area (Å²) in [6, 6.07) is 21.4. The standard InChI is InChI=1S/C20H18O2/c1-14-12-18(8-11-20(14)22)17-6-2-15(3-7-17)13-16-4-9-19(21)10-5-16/h2-12,21-22H,13H2,1H3. The summed E-state index contributed by atoms with van der Waals surface area (Å²) in [5, 5.41) is 18.9. The number of phenols is 2. The maximum atomic E-state index is 9.60. The summed E-state index contributed by atoms with van der Waals surface area (Å²) in [5.41, 5.74) is 5.52. The third kappa shape index (κ3) is 3.12. The van der Waals surface area contributed by atoms with Crippen LogP contribution in [0.3, 0.4) is 0 Å². The van der Waals surface area contributed by atoms with E-state index in [0.717, 1.165) is 23.1 Å². The fraction of sp³-hybridized carbons (Fsp3) is 0.100. The first kappa shape index (κ1) is 14.2. The van der Waals surface area contributed by atoms with Crippen molar-refractivity contribution >= 4 is 0 Å². The van der Waals surface area contributed by atoms with Crippen molar-refractivity contribution in [3.63, 3.8) is 0 Å². The molecule has 22 heavy (non-hydrogen) atoms. The maximum Gasteiger partial charge on any atom is 0.118 e. The Labute approximate surface area is 130 Å². The average molecular weight is 290 g/mol. The second kappa shape index (κ2) is 5.94. The minimum absolute atomic E-state index is 0.293. The van der Waals surface area contributed by atoms with Gasteiger partial charge in [-0.05, 0) is 65.4 Å². The van der Waals surface area contributed by atoms with Gasteiger partial charge in [0.15, 0.2) is 0 Å². The Bertz CT molecular complexity index is 772. The molecule has 3 aromatic rings. The van der Waals surface area contributed by atoms with E-state index in [4.69, 9.17) is 0 Å². The molecule has 0 aromatic heterocycles. The molecule has 2 heteroatoms. The second-order valence-electron chi connectivity index (χ2n) is 5.54. The van der Waals surface area contributed by atoms with Crippen LogP contribution in [0.1, 0.15) is 16.7 Å². The maximum absolute atomic E-state index is 9.60. The monoisotopic (exact) mass is 290 g/mol. The molecule has 0 unspecified atom stereocenters. The summed E-state index contributed by atoms with van der Waals surface area (Å²) in [6.07, 6.45) is 0.842. The van der Waals surface area contributed by atoms with Gasteiger partial charge in [0.05, 0.1) is 0 Å². The predicted octanol–water partition coefficient (Wildman–Crippen LogP) is 4.66. The number of benzene rings is 3. The van der Waals surface area contributed by atoms with Crippen molar-refractivity contribution in [2.24, 2.45) is 0 Å². The molecule has 0 aliphatic carbocycles. The van der Waals surface area contributed by atoms with Gasteiger partial charge in [0.25, 0.3) is 0 Å². The van der Waals surface area contributed by atoms with E-state index in [0.29, 0.717) is 11.5 Å². The average Bonchev–Trinajstić information content (AvgIpc) is 2.53. The minimum atomic E-state index is 0.293. The van der Waals surface area contributed by atoms with Crippen molar-refractivity contribution < 1.29 is 10.2 Å². The van der Waals surface area contributed by atoms with Gasteiger partial charge >= 0.3 is 0 Å². The Morgan fingerprint density at radius 2 is 1.23 bits per heavy atom. The SMILES string of the molecule is Cc1cc(-c2ccc(Cc3ccc(O)cc3)cc2)ccc1O. The zero-order valence-electron chi connectivity index (χ0n) is 12.5. The number of aryl methyl sites for hydroxylation is 1. The third-order valence-electron chi connectivity index (χ3n) is 3.83. The van der Waals surface area contributed by atoms with Crippen LogP contribution in [0.2, 0.25) is 0 Å². The molecule has 0 saturated carbocycles. The van der Waals surface area contributed by atoms with Crippen LogP contribution in [0.15, 0.2) is 66.7 Å². The molecule has 110 valence electrons. The van der Waals surface area contributed by atoms with E-state index in [1.54, 1.807) is 18.2 Å². The van der Waals surface area contributed by atoms with Gasteiger partial charge in [-0.15, -0.1) is 0 Å². The first-order valence-corrected chi connectivity index (χ1v) is 7.29. The van der Waals surface area contributed by atoms with Crippen molar-refractivity contribution in [3.05, 3.63) is 83.4 Å². The van der Waals surface area contributed by atoms with Crippen molar-refractivity contribution in [1.82, 2.24) is 0 Å². The Balaban J connectivity index is 1.80. The molecule has 0 amide bonds. The van der Waals surface area contributed by atoms with E-state index in [1.807, 2.05) is 31.2 Å². The minimum Gasteiger partial charge on any atom is -0.508 e. The molecule has 0 saturated heterocycles. The fourth-order valence-corrected chi connectivity index (χ4v) is 2.50. The molecule has 3 aromatic carbocycles. The van der Waals surface area contributed by atoms with Gasteiger partial charge in [-0.3, -0.25) is 0 Å². The first-order chi connectivity index (χ1) is 10.6. The molecule has 0 atom stereocenters. The van der Waals surface area contributed by atoms with Gasteiger partial charge in [-0.1, -0.05) is 42.5 Å². The summed E-state index contributed by atoms with van der Waals surface area (Å²) >= 11 is 0. The summed E-state index contributed by atoms with van der Waals surface area (Å²) in [6.45, 7) is 1.90. The molecule has 3 rings (SSSR count). The van der Waals surface area contributed by atoms with E-state index in [2.05, 4.69) is 24.3 Å². The highest BCUT2D eigenvalue weighted by Gasteiger charge is 2.02. The Morgan fingerprint density at radius 3 is 1.82 bits per heavy atom. The van der Waals surface area contributed by atoms with E-state index in [-0.39, 0.29) is 0 Å². The molecule has 0 bridgehead atoms. The molecule has 0 heterocycles. The molecule has 0 spiro atoms. The Morgan fingerprint density at radius 1 is 0.682 bits per heavy atom. The Hall–Kier alpha value is -2.74. The lowest BCUT2D eigenvalue weighted by Crippen LogP contribution is -1.88.